The molecule has 1 N–H and O–H groups in total. The van der Waals surface area contributed by atoms with E-state index in [-0.39, 0.29) is 24.4 Å². The zero-order valence-corrected chi connectivity index (χ0v) is 12.1. The summed E-state index contributed by atoms with van der Waals surface area (Å²) in [5, 5.41) is 2.65. The zero-order chi connectivity index (χ0) is 16.4. The predicted molar refractivity (Wildman–Crippen MR) is 81.0 cm³/mol. The van der Waals surface area contributed by atoms with Gasteiger partial charge in [0, 0.05) is 18.7 Å². The number of carbonyl (C=O) groups excluding carboxylic acids is 2. The van der Waals surface area contributed by atoms with Crippen molar-refractivity contribution < 1.29 is 18.4 Å². The molecule has 0 aromatic heterocycles. The van der Waals surface area contributed by atoms with Crippen molar-refractivity contribution in [3.63, 3.8) is 0 Å². The van der Waals surface area contributed by atoms with Crippen LogP contribution in [0.3, 0.4) is 0 Å². The quantitative estimate of drug-likeness (QED) is 0.946. The first-order chi connectivity index (χ1) is 11.0. The SMILES string of the molecule is O=C(NC1CC(=O)N(c2cccc(F)c2)C1)c1ccccc1F. The minimum Gasteiger partial charge on any atom is -0.347 e. The van der Waals surface area contributed by atoms with Crippen LogP contribution in [-0.4, -0.2) is 24.4 Å². The molecule has 1 unspecified atom stereocenters. The minimum absolute atomic E-state index is 0.0656. The van der Waals surface area contributed by atoms with Gasteiger partial charge in [-0.1, -0.05) is 18.2 Å². The Bertz CT molecular complexity index is 764. The summed E-state index contributed by atoms with van der Waals surface area (Å²) in [4.78, 5) is 25.6. The summed E-state index contributed by atoms with van der Waals surface area (Å²) >= 11 is 0. The van der Waals surface area contributed by atoms with E-state index in [4.69, 9.17) is 0 Å². The highest BCUT2D eigenvalue weighted by molar-refractivity contribution is 5.99. The van der Waals surface area contributed by atoms with Crippen molar-refractivity contribution in [1.29, 1.82) is 0 Å². The summed E-state index contributed by atoms with van der Waals surface area (Å²) in [6, 6.07) is 10.9. The first-order valence-corrected chi connectivity index (χ1v) is 7.16. The van der Waals surface area contributed by atoms with Crippen molar-refractivity contribution in [1.82, 2.24) is 5.32 Å². The molecule has 0 aliphatic carbocycles. The van der Waals surface area contributed by atoms with E-state index in [1.54, 1.807) is 12.1 Å². The van der Waals surface area contributed by atoms with E-state index in [1.165, 1.54) is 41.3 Å². The van der Waals surface area contributed by atoms with Gasteiger partial charge in [0.15, 0.2) is 0 Å². The molecule has 1 aliphatic heterocycles. The Morgan fingerprint density at radius 2 is 1.91 bits per heavy atom. The molecule has 3 rings (SSSR count). The zero-order valence-electron chi connectivity index (χ0n) is 12.1. The van der Waals surface area contributed by atoms with Crippen molar-refractivity contribution in [3.05, 3.63) is 65.7 Å². The van der Waals surface area contributed by atoms with Crippen molar-refractivity contribution in [2.24, 2.45) is 0 Å². The standard InChI is InChI=1S/C17H14F2N2O2/c18-11-4-3-5-13(8-11)21-10-12(9-16(21)22)20-17(23)14-6-1-2-7-15(14)19/h1-8,12H,9-10H2,(H,20,23). The molecular weight excluding hydrogens is 302 g/mol. The minimum atomic E-state index is -0.615. The Hall–Kier alpha value is -2.76. The lowest BCUT2D eigenvalue weighted by Crippen LogP contribution is -2.37. The fraction of sp³-hybridized carbons (Fsp3) is 0.176. The highest BCUT2D eigenvalue weighted by Gasteiger charge is 2.32. The molecule has 0 spiro atoms. The third-order valence-corrected chi connectivity index (χ3v) is 3.70. The van der Waals surface area contributed by atoms with Crippen molar-refractivity contribution >= 4 is 17.5 Å². The second-order valence-corrected chi connectivity index (χ2v) is 5.34. The Kier molecular flexibility index (Phi) is 4.06. The molecule has 4 nitrogen and oxygen atoms in total. The molecule has 0 saturated carbocycles. The van der Waals surface area contributed by atoms with Crippen LogP contribution >= 0.6 is 0 Å². The first-order valence-electron chi connectivity index (χ1n) is 7.16. The molecule has 1 fully saturated rings. The highest BCUT2D eigenvalue weighted by Crippen LogP contribution is 2.22. The van der Waals surface area contributed by atoms with Crippen LogP contribution in [0.1, 0.15) is 16.8 Å². The second kappa shape index (κ2) is 6.16. The first kappa shape index (κ1) is 15.1. The smallest absolute Gasteiger partial charge is 0.254 e. The van der Waals surface area contributed by atoms with Gasteiger partial charge >= 0.3 is 0 Å². The van der Waals surface area contributed by atoms with Crippen LogP contribution in [-0.2, 0) is 4.79 Å². The van der Waals surface area contributed by atoms with Gasteiger partial charge < -0.3 is 10.2 Å². The van der Waals surface area contributed by atoms with Gasteiger partial charge in [-0.15, -0.1) is 0 Å². The average molecular weight is 316 g/mol. The molecule has 2 aromatic carbocycles. The van der Waals surface area contributed by atoms with Crippen LogP contribution in [0.2, 0.25) is 0 Å². The van der Waals surface area contributed by atoms with Crippen molar-refractivity contribution in [2.45, 2.75) is 12.5 Å². The maximum Gasteiger partial charge on any atom is 0.254 e. The number of hydrogen-bond donors (Lipinski definition) is 1. The monoisotopic (exact) mass is 316 g/mol. The van der Waals surface area contributed by atoms with Gasteiger partial charge in [-0.25, -0.2) is 8.78 Å². The summed E-state index contributed by atoms with van der Waals surface area (Å²) in [6.45, 7) is 0.225. The summed E-state index contributed by atoms with van der Waals surface area (Å²) in [6.07, 6.45) is 0.0940. The van der Waals surface area contributed by atoms with E-state index in [0.29, 0.717) is 5.69 Å². The number of carbonyl (C=O) groups is 2. The maximum absolute atomic E-state index is 13.6. The normalized spacial score (nSPS) is 17.4. The molecule has 1 heterocycles. The maximum atomic E-state index is 13.6. The summed E-state index contributed by atoms with van der Waals surface area (Å²) in [5.41, 5.74) is 0.377. The number of benzene rings is 2. The molecule has 2 amide bonds. The molecule has 6 heteroatoms. The third-order valence-electron chi connectivity index (χ3n) is 3.70. The lowest BCUT2D eigenvalue weighted by atomic mass is 10.1. The summed E-state index contributed by atoms with van der Waals surface area (Å²) < 4.78 is 26.9. The largest absolute Gasteiger partial charge is 0.347 e. The van der Waals surface area contributed by atoms with Gasteiger partial charge in [0.1, 0.15) is 11.6 Å². The molecule has 0 bridgehead atoms. The van der Waals surface area contributed by atoms with Gasteiger partial charge in [0.05, 0.1) is 11.6 Å². The molecule has 118 valence electrons. The Morgan fingerprint density at radius 1 is 1.13 bits per heavy atom. The van der Waals surface area contributed by atoms with E-state index in [9.17, 15) is 18.4 Å². The molecule has 1 saturated heterocycles. The molecule has 1 aliphatic rings. The van der Waals surface area contributed by atoms with Gasteiger partial charge in [-0.05, 0) is 30.3 Å². The number of halogens is 2. The fourth-order valence-corrected chi connectivity index (χ4v) is 2.61. The number of hydrogen-bond acceptors (Lipinski definition) is 2. The topological polar surface area (TPSA) is 49.4 Å². The third kappa shape index (κ3) is 3.21. The Balaban J connectivity index is 1.71. The second-order valence-electron chi connectivity index (χ2n) is 5.34. The molecular formula is C17H14F2N2O2. The molecule has 1 atom stereocenters. The molecule has 0 radical (unpaired) electrons. The number of rotatable bonds is 3. The number of nitrogens with one attached hydrogen (secondary N) is 1. The molecule has 23 heavy (non-hydrogen) atoms. The number of nitrogens with zero attached hydrogens (tertiary/aromatic N) is 1. The van der Waals surface area contributed by atoms with Gasteiger partial charge in [-0.3, -0.25) is 9.59 Å². The van der Waals surface area contributed by atoms with E-state index < -0.39 is 23.6 Å². The van der Waals surface area contributed by atoms with Gasteiger partial charge in [0.2, 0.25) is 5.91 Å². The lowest BCUT2D eigenvalue weighted by molar-refractivity contribution is -0.117. The van der Waals surface area contributed by atoms with E-state index in [2.05, 4.69) is 5.32 Å². The lowest BCUT2D eigenvalue weighted by Gasteiger charge is -2.17. The Morgan fingerprint density at radius 3 is 2.65 bits per heavy atom. The fourth-order valence-electron chi connectivity index (χ4n) is 2.61. The van der Waals surface area contributed by atoms with E-state index in [0.717, 1.165) is 0 Å². The summed E-state index contributed by atoms with van der Waals surface area (Å²) in [7, 11) is 0. The van der Waals surface area contributed by atoms with Crippen LogP contribution in [0, 0.1) is 11.6 Å². The van der Waals surface area contributed by atoms with E-state index in [1.807, 2.05) is 0 Å². The Labute approximate surface area is 131 Å². The molecule has 2 aromatic rings. The number of amides is 2. The van der Waals surface area contributed by atoms with Crippen molar-refractivity contribution in [2.75, 3.05) is 11.4 Å². The van der Waals surface area contributed by atoms with Gasteiger partial charge in [-0.2, -0.15) is 0 Å². The average Bonchev–Trinajstić information content (AvgIpc) is 2.88. The van der Waals surface area contributed by atoms with Crippen LogP contribution in [0.5, 0.6) is 0 Å². The van der Waals surface area contributed by atoms with Crippen LogP contribution < -0.4 is 10.2 Å². The van der Waals surface area contributed by atoms with Crippen LogP contribution in [0.4, 0.5) is 14.5 Å². The van der Waals surface area contributed by atoms with Crippen molar-refractivity contribution in [3.8, 4) is 0 Å². The predicted octanol–water partition coefficient (Wildman–Crippen LogP) is 2.50. The van der Waals surface area contributed by atoms with Crippen LogP contribution in [0.15, 0.2) is 48.5 Å². The van der Waals surface area contributed by atoms with Gasteiger partial charge in [0.25, 0.3) is 5.91 Å². The van der Waals surface area contributed by atoms with E-state index >= 15 is 0 Å². The number of anilines is 1. The van der Waals surface area contributed by atoms with Crippen LogP contribution in [0.25, 0.3) is 0 Å². The highest BCUT2D eigenvalue weighted by atomic mass is 19.1. The summed E-state index contributed by atoms with van der Waals surface area (Å²) in [5.74, 6) is -1.83.